The van der Waals surface area contributed by atoms with Gasteiger partial charge < -0.3 is 10.6 Å². The highest BCUT2D eigenvalue weighted by Crippen LogP contribution is 2.45. The smallest absolute Gasteiger partial charge is 0.186 e. The lowest BCUT2D eigenvalue weighted by Gasteiger charge is -2.42. The van der Waals surface area contributed by atoms with Crippen LogP contribution in [0.2, 0.25) is 0 Å². The maximum Gasteiger partial charge on any atom is 0.186 e. The van der Waals surface area contributed by atoms with Crippen LogP contribution >= 0.6 is 24.4 Å². The van der Waals surface area contributed by atoms with Crippen molar-refractivity contribution in [3.05, 3.63) is 30.1 Å². The lowest BCUT2D eigenvalue weighted by atomic mass is 9.61. The second-order valence-electron chi connectivity index (χ2n) is 5.72. The molecule has 4 N–H and O–H groups in total. The average molecular weight is 378 g/mol. The first-order valence-corrected chi connectivity index (χ1v) is 8.84. The standard InChI is InChI=1S/C16H23N7S2/c1-11(20-22-14(24)17-2)13(21-23-15(25)18-3)16(7-5-8-16)12-6-4-9-19-10-12/h4,6,9-10H,5,7-8H2,1-3H3,(H2,17,22,24)(H2,18,23,25)/b20-11+,21-13+. The highest BCUT2D eigenvalue weighted by Gasteiger charge is 2.45. The van der Waals surface area contributed by atoms with Gasteiger partial charge in [0.1, 0.15) is 0 Å². The van der Waals surface area contributed by atoms with E-state index >= 15 is 0 Å². The van der Waals surface area contributed by atoms with Gasteiger partial charge in [0.2, 0.25) is 0 Å². The molecule has 0 spiro atoms. The minimum atomic E-state index is -0.221. The van der Waals surface area contributed by atoms with Crippen LogP contribution in [0.1, 0.15) is 31.7 Å². The number of pyridine rings is 1. The van der Waals surface area contributed by atoms with E-state index in [4.69, 9.17) is 24.4 Å². The first-order chi connectivity index (χ1) is 12.0. The third-order valence-electron chi connectivity index (χ3n) is 4.27. The molecule has 0 aromatic carbocycles. The Morgan fingerprint density at radius 1 is 1.12 bits per heavy atom. The van der Waals surface area contributed by atoms with E-state index in [0.29, 0.717) is 10.2 Å². The number of thiocarbonyl (C=S) groups is 2. The van der Waals surface area contributed by atoms with Gasteiger partial charge in [-0.15, -0.1) is 0 Å². The van der Waals surface area contributed by atoms with Crippen molar-refractivity contribution < 1.29 is 0 Å². The summed E-state index contributed by atoms with van der Waals surface area (Å²) in [6.45, 7) is 1.91. The summed E-state index contributed by atoms with van der Waals surface area (Å²) in [5.74, 6) is 0. The lowest BCUT2D eigenvalue weighted by molar-refractivity contribution is 0.341. The van der Waals surface area contributed by atoms with Gasteiger partial charge in [0, 0.05) is 31.9 Å². The van der Waals surface area contributed by atoms with Gasteiger partial charge in [0.05, 0.1) is 11.4 Å². The van der Waals surface area contributed by atoms with Crippen molar-refractivity contribution in [1.82, 2.24) is 26.5 Å². The summed E-state index contributed by atoms with van der Waals surface area (Å²) in [6, 6.07) is 4.02. The van der Waals surface area contributed by atoms with Crippen LogP contribution < -0.4 is 21.5 Å². The third-order valence-corrected chi connectivity index (χ3v) is 4.86. The molecule has 1 aliphatic rings. The molecule has 0 unspecified atom stereocenters. The molecular formula is C16H23N7S2. The Kier molecular flexibility index (Phi) is 6.77. The predicted octanol–water partition coefficient (Wildman–Crippen LogP) is 1.42. The summed E-state index contributed by atoms with van der Waals surface area (Å²) in [5.41, 5.74) is 8.19. The van der Waals surface area contributed by atoms with Crippen molar-refractivity contribution in [2.75, 3.05) is 14.1 Å². The molecule has 1 saturated carbocycles. The molecule has 1 aliphatic carbocycles. The van der Waals surface area contributed by atoms with Gasteiger partial charge >= 0.3 is 0 Å². The molecule has 25 heavy (non-hydrogen) atoms. The second kappa shape index (κ2) is 8.82. The molecule has 7 nitrogen and oxygen atoms in total. The van der Waals surface area contributed by atoms with Crippen LogP contribution in [0.3, 0.4) is 0 Å². The Hall–Kier alpha value is -2.13. The van der Waals surface area contributed by atoms with Gasteiger partial charge in [0.15, 0.2) is 10.2 Å². The van der Waals surface area contributed by atoms with Crippen LogP contribution in [0, 0.1) is 0 Å². The van der Waals surface area contributed by atoms with E-state index < -0.39 is 0 Å². The van der Waals surface area contributed by atoms with Crippen LogP contribution in [0.5, 0.6) is 0 Å². The van der Waals surface area contributed by atoms with E-state index in [1.807, 2.05) is 19.2 Å². The van der Waals surface area contributed by atoms with Gasteiger partial charge in [-0.1, -0.05) is 12.5 Å². The van der Waals surface area contributed by atoms with Gasteiger partial charge in [0.25, 0.3) is 0 Å². The number of aromatic nitrogens is 1. The minimum Gasteiger partial charge on any atom is -0.364 e. The van der Waals surface area contributed by atoms with Crippen LogP contribution in [-0.4, -0.2) is 40.7 Å². The number of nitrogens with one attached hydrogen (secondary N) is 4. The zero-order chi connectivity index (χ0) is 18.3. The highest BCUT2D eigenvalue weighted by atomic mass is 32.1. The van der Waals surface area contributed by atoms with Crippen molar-refractivity contribution in [3.63, 3.8) is 0 Å². The summed E-state index contributed by atoms with van der Waals surface area (Å²) < 4.78 is 0. The predicted molar refractivity (Wildman–Crippen MR) is 110 cm³/mol. The SMILES string of the molecule is CNC(=S)N/N=C(\C(C)=N\NC(=S)NC)C1(c2cccnc2)CCC1. The summed E-state index contributed by atoms with van der Waals surface area (Å²) in [6.07, 6.45) is 6.75. The maximum atomic E-state index is 5.15. The molecule has 0 saturated heterocycles. The Morgan fingerprint density at radius 3 is 2.24 bits per heavy atom. The number of hydrogen-bond donors (Lipinski definition) is 4. The maximum absolute atomic E-state index is 5.15. The molecule has 0 radical (unpaired) electrons. The van der Waals surface area contributed by atoms with E-state index in [2.05, 4.69) is 42.7 Å². The average Bonchev–Trinajstić information content (AvgIpc) is 2.61. The van der Waals surface area contributed by atoms with E-state index in [9.17, 15) is 0 Å². The molecule has 9 heteroatoms. The minimum absolute atomic E-state index is 0.221. The molecule has 2 rings (SSSR count). The molecule has 1 heterocycles. The van der Waals surface area contributed by atoms with Crippen molar-refractivity contribution >= 4 is 46.1 Å². The Bertz CT molecular complexity index is 681. The largest absolute Gasteiger partial charge is 0.364 e. The molecule has 0 aliphatic heterocycles. The lowest BCUT2D eigenvalue weighted by Crippen LogP contribution is -2.48. The number of hydrazone groups is 2. The Labute approximate surface area is 158 Å². The summed E-state index contributed by atoms with van der Waals surface area (Å²) in [7, 11) is 3.49. The number of rotatable bonds is 5. The van der Waals surface area contributed by atoms with Crippen LogP contribution in [-0.2, 0) is 5.41 Å². The molecule has 1 aromatic heterocycles. The summed E-state index contributed by atoms with van der Waals surface area (Å²) in [5, 5.41) is 15.5. The van der Waals surface area contributed by atoms with E-state index in [-0.39, 0.29) is 5.41 Å². The summed E-state index contributed by atoms with van der Waals surface area (Å²) in [4.78, 5) is 4.27. The van der Waals surface area contributed by atoms with Crippen molar-refractivity contribution in [1.29, 1.82) is 0 Å². The molecule has 0 atom stereocenters. The normalized spacial score (nSPS) is 16.4. The Balaban J connectivity index is 2.40. The van der Waals surface area contributed by atoms with Crippen LogP contribution in [0.15, 0.2) is 34.7 Å². The van der Waals surface area contributed by atoms with Crippen molar-refractivity contribution in [2.24, 2.45) is 10.2 Å². The van der Waals surface area contributed by atoms with Crippen molar-refractivity contribution in [2.45, 2.75) is 31.6 Å². The van der Waals surface area contributed by atoms with Crippen molar-refractivity contribution in [3.8, 4) is 0 Å². The van der Waals surface area contributed by atoms with Gasteiger partial charge in [-0.05, 0) is 55.8 Å². The van der Waals surface area contributed by atoms with Gasteiger partial charge in [-0.3, -0.25) is 15.8 Å². The quantitative estimate of drug-likeness (QED) is 0.351. The molecular weight excluding hydrogens is 354 g/mol. The van der Waals surface area contributed by atoms with Crippen LogP contribution in [0.25, 0.3) is 0 Å². The fourth-order valence-electron chi connectivity index (χ4n) is 2.78. The number of hydrogen-bond acceptors (Lipinski definition) is 5. The molecule has 134 valence electrons. The first kappa shape index (κ1) is 19.2. The molecule has 1 aromatic rings. The van der Waals surface area contributed by atoms with E-state index in [0.717, 1.165) is 36.2 Å². The van der Waals surface area contributed by atoms with E-state index in [1.54, 1.807) is 20.3 Å². The highest BCUT2D eigenvalue weighted by molar-refractivity contribution is 7.80. The Morgan fingerprint density at radius 2 is 1.76 bits per heavy atom. The fourth-order valence-corrected chi connectivity index (χ4v) is 2.87. The number of nitrogens with zero attached hydrogens (tertiary/aromatic N) is 3. The first-order valence-electron chi connectivity index (χ1n) is 8.02. The topological polar surface area (TPSA) is 85.7 Å². The third kappa shape index (κ3) is 4.49. The monoisotopic (exact) mass is 377 g/mol. The van der Waals surface area contributed by atoms with Gasteiger partial charge in [-0.2, -0.15) is 10.2 Å². The van der Waals surface area contributed by atoms with Crippen LogP contribution in [0.4, 0.5) is 0 Å². The molecule has 1 fully saturated rings. The molecule has 0 bridgehead atoms. The fraction of sp³-hybridized carbons (Fsp3) is 0.438. The zero-order valence-corrected chi connectivity index (χ0v) is 16.2. The van der Waals surface area contributed by atoms with Gasteiger partial charge in [-0.25, -0.2) is 0 Å². The second-order valence-corrected chi connectivity index (χ2v) is 6.53. The van der Waals surface area contributed by atoms with E-state index in [1.165, 1.54) is 0 Å². The molecule has 0 amide bonds. The summed E-state index contributed by atoms with van der Waals surface area (Å²) >= 11 is 10.2. The zero-order valence-electron chi connectivity index (χ0n) is 14.6.